The minimum atomic E-state index is -0.0735. The molecule has 3 rings (SSSR count). The second kappa shape index (κ2) is 9.48. The van der Waals surface area contributed by atoms with Gasteiger partial charge >= 0.3 is 0 Å². The number of carbonyl (C=O) groups excluding carboxylic acids is 1. The molecule has 0 saturated carbocycles. The number of methoxy groups -OCH3 is 1. The van der Waals surface area contributed by atoms with E-state index in [1.165, 1.54) is 6.07 Å². The van der Waals surface area contributed by atoms with Gasteiger partial charge in [0.25, 0.3) is 5.56 Å². The summed E-state index contributed by atoms with van der Waals surface area (Å²) in [4.78, 5) is 26.5. The molecule has 0 spiro atoms. The summed E-state index contributed by atoms with van der Waals surface area (Å²) in [7, 11) is 3.39. The van der Waals surface area contributed by atoms with Crippen LogP contribution < -0.4 is 15.0 Å². The first kappa shape index (κ1) is 21.4. The van der Waals surface area contributed by atoms with Crippen molar-refractivity contribution in [3.63, 3.8) is 0 Å². The topological polar surface area (TPSA) is 60.8 Å². The number of halogens is 1. The summed E-state index contributed by atoms with van der Waals surface area (Å²) in [5.41, 5.74) is 1.81. The molecule has 6 nitrogen and oxygen atoms in total. The summed E-state index contributed by atoms with van der Waals surface area (Å²) in [6, 6.07) is 9.24. The number of hydrogen-bond acceptors (Lipinski definition) is 4. The molecule has 29 heavy (non-hydrogen) atoms. The van der Waals surface area contributed by atoms with Gasteiger partial charge in [0.1, 0.15) is 17.6 Å². The highest BCUT2D eigenvalue weighted by Crippen LogP contribution is 2.25. The molecular formula is C22H27BrN2O4. The molecule has 0 radical (unpaired) electrons. The van der Waals surface area contributed by atoms with Crippen molar-refractivity contribution in [1.29, 1.82) is 0 Å². The highest BCUT2D eigenvalue weighted by atomic mass is 79.9. The fraction of sp³-hybridized carbons (Fsp3) is 0.455. The van der Waals surface area contributed by atoms with Gasteiger partial charge in [-0.05, 0) is 43.2 Å². The first-order chi connectivity index (χ1) is 13.9. The summed E-state index contributed by atoms with van der Waals surface area (Å²) < 4.78 is 14.0. The molecule has 1 amide bonds. The van der Waals surface area contributed by atoms with Crippen LogP contribution in [0, 0.1) is 6.92 Å². The van der Waals surface area contributed by atoms with Gasteiger partial charge in [-0.3, -0.25) is 9.59 Å². The van der Waals surface area contributed by atoms with E-state index in [1.807, 2.05) is 36.1 Å². The molecule has 1 aliphatic heterocycles. The van der Waals surface area contributed by atoms with Gasteiger partial charge in [-0.2, -0.15) is 0 Å². The number of likely N-dealkylation sites (tertiary alicyclic amines) is 1. The molecule has 2 aromatic rings. The smallest absolute Gasteiger partial charge is 0.254 e. The molecule has 1 aromatic heterocycles. The molecule has 1 fully saturated rings. The Bertz CT molecular complexity index is 933. The monoisotopic (exact) mass is 462 g/mol. The fourth-order valence-electron chi connectivity index (χ4n) is 3.56. The standard InChI is InChI=1S/C22H27BrN2O4/c1-15-12-19(14-22(27)24(15)2)29-18-8-10-25(11-9-18)21(26)7-4-16-13-17(23)5-6-20(16)28-3/h5-6,12-14,18H,4,7-11H2,1-3H3. The number of piperidine rings is 1. The Balaban J connectivity index is 1.51. The third kappa shape index (κ3) is 5.41. The minimum absolute atomic E-state index is 0.0238. The molecule has 2 heterocycles. The van der Waals surface area contributed by atoms with Gasteiger partial charge in [-0.15, -0.1) is 0 Å². The van der Waals surface area contributed by atoms with Crippen LogP contribution in [0.5, 0.6) is 11.5 Å². The van der Waals surface area contributed by atoms with Crippen LogP contribution in [0.15, 0.2) is 39.6 Å². The number of hydrogen-bond donors (Lipinski definition) is 0. The number of amides is 1. The van der Waals surface area contributed by atoms with E-state index in [4.69, 9.17) is 9.47 Å². The third-order valence-corrected chi connectivity index (χ3v) is 5.92. The van der Waals surface area contributed by atoms with E-state index in [9.17, 15) is 9.59 Å². The second-order valence-electron chi connectivity index (χ2n) is 7.38. The average molecular weight is 463 g/mol. The number of nitrogens with zero attached hydrogens (tertiary/aromatic N) is 2. The minimum Gasteiger partial charge on any atom is -0.496 e. The first-order valence-electron chi connectivity index (χ1n) is 9.82. The average Bonchev–Trinajstić information content (AvgIpc) is 2.71. The van der Waals surface area contributed by atoms with E-state index < -0.39 is 0 Å². The van der Waals surface area contributed by atoms with Gasteiger partial charge in [0.2, 0.25) is 5.91 Å². The Kier molecular flexibility index (Phi) is 7.00. The summed E-state index contributed by atoms with van der Waals surface area (Å²) in [6.07, 6.45) is 2.65. The van der Waals surface area contributed by atoms with Crippen molar-refractivity contribution < 1.29 is 14.3 Å². The van der Waals surface area contributed by atoms with Crippen LogP contribution in [-0.4, -0.2) is 41.7 Å². The van der Waals surface area contributed by atoms with E-state index in [0.29, 0.717) is 31.7 Å². The van der Waals surface area contributed by atoms with Gasteiger partial charge < -0.3 is 18.9 Å². The zero-order chi connectivity index (χ0) is 21.0. The quantitative estimate of drug-likeness (QED) is 0.659. The third-order valence-electron chi connectivity index (χ3n) is 5.42. The van der Waals surface area contributed by atoms with E-state index in [1.54, 1.807) is 18.7 Å². The largest absolute Gasteiger partial charge is 0.496 e. The molecule has 1 aliphatic rings. The van der Waals surface area contributed by atoms with Crippen LogP contribution in [0.1, 0.15) is 30.5 Å². The Hall–Kier alpha value is -2.28. The summed E-state index contributed by atoms with van der Waals surface area (Å²) in [5.74, 6) is 1.56. The maximum absolute atomic E-state index is 12.6. The van der Waals surface area contributed by atoms with E-state index in [2.05, 4.69) is 15.9 Å². The first-order valence-corrected chi connectivity index (χ1v) is 10.6. The predicted molar refractivity (Wildman–Crippen MR) is 116 cm³/mol. The molecule has 1 aromatic carbocycles. The van der Waals surface area contributed by atoms with Crippen LogP contribution in [0.2, 0.25) is 0 Å². The molecule has 0 atom stereocenters. The van der Waals surface area contributed by atoms with Crippen molar-refractivity contribution in [3.05, 3.63) is 56.4 Å². The van der Waals surface area contributed by atoms with Crippen LogP contribution in [-0.2, 0) is 18.3 Å². The van der Waals surface area contributed by atoms with Gasteiger partial charge in [0.15, 0.2) is 0 Å². The van der Waals surface area contributed by atoms with Crippen molar-refractivity contribution in [3.8, 4) is 11.5 Å². The molecule has 0 aliphatic carbocycles. The second-order valence-corrected chi connectivity index (χ2v) is 8.30. The van der Waals surface area contributed by atoms with Crippen molar-refractivity contribution >= 4 is 21.8 Å². The van der Waals surface area contributed by atoms with Gasteiger partial charge in [-0.1, -0.05) is 15.9 Å². The highest BCUT2D eigenvalue weighted by molar-refractivity contribution is 9.10. The maximum atomic E-state index is 12.6. The molecule has 1 saturated heterocycles. The molecular weight excluding hydrogens is 436 g/mol. The van der Waals surface area contributed by atoms with Crippen molar-refractivity contribution in [2.75, 3.05) is 20.2 Å². The van der Waals surface area contributed by atoms with E-state index >= 15 is 0 Å². The summed E-state index contributed by atoms with van der Waals surface area (Å²) >= 11 is 3.47. The lowest BCUT2D eigenvalue weighted by atomic mass is 10.0. The van der Waals surface area contributed by atoms with Crippen molar-refractivity contribution in [2.45, 2.75) is 38.7 Å². The van der Waals surface area contributed by atoms with Gasteiger partial charge in [0, 0.05) is 55.6 Å². The summed E-state index contributed by atoms with van der Waals surface area (Å²) in [5, 5.41) is 0. The number of benzene rings is 1. The van der Waals surface area contributed by atoms with Crippen LogP contribution in [0.3, 0.4) is 0 Å². The molecule has 0 N–H and O–H groups in total. The fourth-order valence-corrected chi connectivity index (χ4v) is 3.97. The number of carbonyl (C=O) groups is 1. The normalized spacial score (nSPS) is 14.7. The van der Waals surface area contributed by atoms with Crippen LogP contribution in [0.25, 0.3) is 0 Å². The number of aromatic nitrogens is 1. The Morgan fingerprint density at radius 3 is 2.59 bits per heavy atom. The predicted octanol–water partition coefficient (Wildman–Crippen LogP) is 3.47. The lowest BCUT2D eigenvalue weighted by Gasteiger charge is -2.32. The molecule has 0 bridgehead atoms. The summed E-state index contributed by atoms with van der Waals surface area (Å²) in [6.45, 7) is 3.22. The highest BCUT2D eigenvalue weighted by Gasteiger charge is 2.24. The Morgan fingerprint density at radius 1 is 1.21 bits per heavy atom. The van der Waals surface area contributed by atoms with Crippen LogP contribution in [0.4, 0.5) is 0 Å². The lowest BCUT2D eigenvalue weighted by molar-refractivity contribution is -0.132. The number of ether oxygens (including phenoxy) is 2. The van der Waals surface area contributed by atoms with Crippen LogP contribution >= 0.6 is 15.9 Å². The lowest BCUT2D eigenvalue weighted by Crippen LogP contribution is -2.42. The van der Waals surface area contributed by atoms with Crippen molar-refractivity contribution in [1.82, 2.24) is 9.47 Å². The zero-order valence-electron chi connectivity index (χ0n) is 17.1. The number of rotatable bonds is 6. The number of aryl methyl sites for hydroxylation is 2. The molecule has 156 valence electrons. The van der Waals surface area contributed by atoms with Crippen molar-refractivity contribution in [2.24, 2.45) is 7.05 Å². The Labute approximate surface area is 179 Å². The van der Waals surface area contributed by atoms with Gasteiger partial charge in [0.05, 0.1) is 7.11 Å². The Morgan fingerprint density at radius 2 is 1.93 bits per heavy atom. The molecule has 0 unspecified atom stereocenters. The number of pyridine rings is 1. The van der Waals surface area contributed by atoms with Gasteiger partial charge in [-0.25, -0.2) is 0 Å². The van der Waals surface area contributed by atoms with E-state index in [0.717, 1.165) is 34.3 Å². The maximum Gasteiger partial charge on any atom is 0.254 e. The van der Waals surface area contributed by atoms with E-state index in [-0.39, 0.29) is 17.6 Å². The zero-order valence-corrected chi connectivity index (χ0v) is 18.7. The molecule has 7 heteroatoms. The SMILES string of the molecule is COc1ccc(Br)cc1CCC(=O)N1CCC(Oc2cc(C)n(C)c(=O)c2)CC1.